The van der Waals surface area contributed by atoms with Crippen LogP contribution in [0.1, 0.15) is 25.3 Å². The van der Waals surface area contributed by atoms with Gasteiger partial charge in [0.1, 0.15) is 0 Å². The summed E-state index contributed by atoms with van der Waals surface area (Å²) in [7, 11) is 0. The molecule has 3 rings (SSSR count). The first-order valence-electron chi connectivity index (χ1n) is 9.23. The van der Waals surface area contributed by atoms with Gasteiger partial charge in [0, 0.05) is 15.5 Å². The zero-order valence-electron chi connectivity index (χ0n) is 15.4. The van der Waals surface area contributed by atoms with Crippen molar-refractivity contribution < 1.29 is 0 Å². The Morgan fingerprint density at radius 3 is 2.30 bits per heavy atom. The van der Waals surface area contributed by atoms with E-state index in [0.29, 0.717) is 5.11 Å². The summed E-state index contributed by atoms with van der Waals surface area (Å²) < 4.78 is 0. The van der Waals surface area contributed by atoms with Crippen LogP contribution in [0.15, 0.2) is 88.7 Å². The highest BCUT2D eigenvalue weighted by Crippen LogP contribution is 2.33. The van der Waals surface area contributed by atoms with Crippen molar-refractivity contribution in [2.75, 3.05) is 10.6 Å². The van der Waals surface area contributed by atoms with Crippen molar-refractivity contribution in [3.8, 4) is 0 Å². The third-order valence-corrected chi connectivity index (χ3v) is 5.42. The van der Waals surface area contributed by atoms with E-state index in [4.69, 9.17) is 12.2 Å². The molecule has 0 bridgehead atoms. The standard InChI is InChI=1S/C23H24N2S2/c1-2-3-9-18-14-16-19(17-15-18)24-23(26)25-21-12-7-8-13-22(21)27-20-10-5-4-6-11-20/h4-8,10-17H,2-3,9H2,1H3,(H2,24,25,26). The van der Waals surface area contributed by atoms with Crippen LogP contribution < -0.4 is 10.6 Å². The Bertz CT molecular complexity index is 861. The van der Waals surface area contributed by atoms with Crippen LogP contribution in [0.5, 0.6) is 0 Å². The molecule has 0 heterocycles. The monoisotopic (exact) mass is 392 g/mol. The average molecular weight is 393 g/mol. The Morgan fingerprint density at radius 2 is 1.56 bits per heavy atom. The Morgan fingerprint density at radius 1 is 0.852 bits per heavy atom. The molecule has 0 aliphatic rings. The van der Waals surface area contributed by atoms with Crippen molar-refractivity contribution in [1.82, 2.24) is 0 Å². The Kier molecular flexibility index (Phi) is 7.31. The first-order chi connectivity index (χ1) is 13.2. The number of nitrogens with one attached hydrogen (secondary N) is 2. The van der Waals surface area contributed by atoms with Gasteiger partial charge in [-0.15, -0.1) is 0 Å². The third-order valence-electron chi connectivity index (χ3n) is 4.14. The van der Waals surface area contributed by atoms with E-state index in [-0.39, 0.29) is 0 Å². The molecule has 0 spiro atoms. The van der Waals surface area contributed by atoms with Gasteiger partial charge in [0.25, 0.3) is 0 Å². The minimum Gasteiger partial charge on any atom is -0.332 e. The molecule has 3 aromatic rings. The number of para-hydroxylation sites is 1. The van der Waals surface area contributed by atoms with E-state index >= 15 is 0 Å². The van der Waals surface area contributed by atoms with Gasteiger partial charge in [-0.05, 0) is 67.0 Å². The molecule has 0 aliphatic carbocycles. The van der Waals surface area contributed by atoms with Gasteiger partial charge in [0.2, 0.25) is 0 Å². The number of hydrogen-bond acceptors (Lipinski definition) is 2. The molecule has 0 atom stereocenters. The Labute approximate surface area is 171 Å². The molecule has 0 saturated heterocycles. The van der Waals surface area contributed by atoms with Crippen molar-refractivity contribution in [1.29, 1.82) is 0 Å². The van der Waals surface area contributed by atoms with Crippen molar-refractivity contribution in [3.05, 3.63) is 84.4 Å². The number of benzene rings is 3. The van der Waals surface area contributed by atoms with Gasteiger partial charge in [0.15, 0.2) is 5.11 Å². The summed E-state index contributed by atoms with van der Waals surface area (Å²) in [4.78, 5) is 2.34. The third kappa shape index (κ3) is 6.12. The molecule has 0 fully saturated rings. The van der Waals surface area contributed by atoms with E-state index in [1.54, 1.807) is 11.8 Å². The average Bonchev–Trinajstić information content (AvgIpc) is 2.70. The quantitative estimate of drug-likeness (QED) is 0.423. The van der Waals surface area contributed by atoms with Crippen LogP contribution in [-0.2, 0) is 6.42 Å². The maximum absolute atomic E-state index is 5.51. The van der Waals surface area contributed by atoms with Crippen molar-refractivity contribution >= 4 is 40.5 Å². The predicted octanol–water partition coefficient (Wildman–Crippen LogP) is 6.99. The molecule has 2 nitrogen and oxygen atoms in total. The highest BCUT2D eigenvalue weighted by molar-refractivity contribution is 7.99. The molecule has 0 amide bonds. The van der Waals surface area contributed by atoms with Crippen LogP contribution in [0.4, 0.5) is 11.4 Å². The molecule has 27 heavy (non-hydrogen) atoms. The highest BCUT2D eigenvalue weighted by atomic mass is 32.2. The van der Waals surface area contributed by atoms with Crippen molar-refractivity contribution in [2.45, 2.75) is 36.0 Å². The fourth-order valence-corrected chi connectivity index (χ4v) is 3.85. The van der Waals surface area contributed by atoms with E-state index in [0.717, 1.165) is 22.7 Å². The molecule has 0 unspecified atom stereocenters. The van der Waals surface area contributed by atoms with Crippen molar-refractivity contribution in [3.63, 3.8) is 0 Å². The summed E-state index contributed by atoms with van der Waals surface area (Å²) in [6, 6.07) is 27.1. The topological polar surface area (TPSA) is 24.1 Å². The Balaban J connectivity index is 1.62. The van der Waals surface area contributed by atoms with Crippen LogP contribution in [0.25, 0.3) is 0 Å². The number of rotatable bonds is 7. The second kappa shape index (κ2) is 10.1. The van der Waals surface area contributed by atoms with Gasteiger partial charge >= 0.3 is 0 Å². The number of hydrogen-bond donors (Lipinski definition) is 2. The van der Waals surface area contributed by atoms with Crippen LogP contribution in [0.2, 0.25) is 0 Å². The fraction of sp³-hybridized carbons (Fsp3) is 0.174. The van der Waals surface area contributed by atoms with Crippen LogP contribution in [0.3, 0.4) is 0 Å². The van der Waals surface area contributed by atoms with E-state index in [9.17, 15) is 0 Å². The zero-order valence-corrected chi connectivity index (χ0v) is 17.1. The lowest BCUT2D eigenvalue weighted by Gasteiger charge is -2.14. The lowest BCUT2D eigenvalue weighted by atomic mass is 10.1. The molecule has 3 aromatic carbocycles. The smallest absolute Gasteiger partial charge is 0.175 e. The van der Waals surface area contributed by atoms with Gasteiger partial charge in [-0.1, -0.05) is 67.6 Å². The molecule has 0 aliphatic heterocycles. The molecule has 0 radical (unpaired) electrons. The Hall–Kier alpha value is -2.30. The molecular weight excluding hydrogens is 368 g/mol. The fourth-order valence-electron chi connectivity index (χ4n) is 2.69. The normalized spacial score (nSPS) is 10.4. The lowest BCUT2D eigenvalue weighted by molar-refractivity contribution is 0.795. The van der Waals surface area contributed by atoms with Crippen LogP contribution >= 0.6 is 24.0 Å². The summed E-state index contributed by atoms with van der Waals surface area (Å²) in [5.41, 5.74) is 3.37. The number of thiocarbonyl (C=S) groups is 1. The second-order valence-electron chi connectivity index (χ2n) is 6.29. The number of unbranched alkanes of at least 4 members (excludes halogenated alkanes) is 1. The summed E-state index contributed by atoms with van der Waals surface area (Å²) in [5, 5.41) is 7.20. The van der Waals surface area contributed by atoms with Gasteiger partial charge < -0.3 is 10.6 Å². The predicted molar refractivity (Wildman–Crippen MR) is 122 cm³/mol. The maximum Gasteiger partial charge on any atom is 0.175 e. The molecule has 138 valence electrons. The molecular formula is C23H24N2S2. The molecule has 0 saturated carbocycles. The summed E-state index contributed by atoms with van der Waals surface area (Å²) in [6.07, 6.45) is 3.57. The van der Waals surface area contributed by atoms with E-state index < -0.39 is 0 Å². The summed E-state index contributed by atoms with van der Waals surface area (Å²) >= 11 is 7.24. The minimum atomic E-state index is 0.595. The van der Waals surface area contributed by atoms with E-state index in [2.05, 4.69) is 72.2 Å². The summed E-state index contributed by atoms with van der Waals surface area (Å²) in [6.45, 7) is 2.22. The first kappa shape index (κ1) is 19.5. The highest BCUT2D eigenvalue weighted by Gasteiger charge is 2.06. The second-order valence-corrected chi connectivity index (χ2v) is 7.81. The van der Waals surface area contributed by atoms with Crippen LogP contribution in [-0.4, -0.2) is 5.11 Å². The number of aryl methyl sites for hydroxylation is 1. The van der Waals surface area contributed by atoms with Crippen LogP contribution in [0, 0.1) is 0 Å². The van der Waals surface area contributed by atoms with Gasteiger partial charge in [0.05, 0.1) is 5.69 Å². The minimum absolute atomic E-state index is 0.595. The van der Waals surface area contributed by atoms with Gasteiger partial charge in [-0.25, -0.2) is 0 Å². The largest absolute Gasteiger partial charge is 0.332 e. The summed E-state index contributed by atoms with van der Waals surface area (Å²) in [5.74, 6) is 0. The molecule has 0 aromatic heterocycles. The lowest BCUT2D eigenvalue weighted by Crippen LogP contribution is -2.19. The molecule has 4 heteroatoms. The molecule has 2 N–H and O–H groups in total. The van der Waals surface area contributed by atoms with Crippen molar-refractivity contribution in [2.24, 2.45) is 0 Å². The maximum atomic E-state index is 5.51. The SMILES string of the molecule is CCCCc1ccc(NC(=S)Nc2ccccc2Sc2ccccc2)cc1. The van der Waals surface area contributed by atoms with Gasteiger partial charge in [-0.2, -0.15) is 0 Å². The van der Waals surface area contributed by atoms with E-state index in [1.807, 2.05) is 24.3 Å². The van der Waals surface area contributed by atoms with Gasteiger partial charge in [-0.3, -0.25) is 0 Å². The van der Waals surface area contributed by atoms with E-state index in [1.165, 1.54) is 23.3 Å². The zero-order chi connectivity index (χ0) is 18.9. The number of anilines is 2. The first-order valence-corrected chi connectivity index (χ1v) is 10.5.